The lowest BCUT2D eigenvalue weighted by Gasteiger charge is -2.27. The van der Waals surface area contributed by atoms with Crippen molar-refractivity contribution in [3.8, 4) is 6.07 Å². The van der Waals surface area contributed by atoms with Gasteiger partial charge in [-0.15, -0.1) is 0 Å². The van der Waals surface area contributed by atoms with E-state index in [-0.39, 0.29) is 10.8 Å². The molecule has 3 rings (SSSR count). The minimum absolute atomic E-state index is 0.113. The zero-order valence-electron chi connectivity index (χ0n) is 22.1. The van der Waals surface area contributed by atoms with E-state index in [1.165, 1.54) is 27.8 Å². The van der Waals surface area contributed by atoms with Crippen LogP contribution in [0.25, 0.3) is 0 Å². The van der Waals surface area contributed by atoms with Crippen molar-refractivity contribution in [1.29, 1.82) is 5.26 Å². The Morgan fingerprint density at radius 1 is 0.758 bits per heavy atom. The second kappa shape index (κ2) is 10.8. The zero-order chi connectivity index (χ0) is 24.8. The minimum atomic E-state index is -0.113. The second-order valence-corrected chi connectivity index (χ2v) is 10.5. The summed E-state index contributed by atoms with van der Waals surface area (Å²) in [4.78, 5) is 0. The summed E-state index contributed by atoms with van der Waals surface area (Å²) in [5, 5.41) is 9.69. The topological polar surface area (TPSA) is 23.8 Å². The first-order valence-electron chi connectivity index (χ1n) is 12.2. The molecule has 0 N–H and O–H groups in total. The van der Waals surface area contributed by atoms with Gasteiger partial charge in [0.05, 0.1) is 11.6 Å². The predicted octanol–water partition coefficient (Wildman–Crippen LogP) is 8.61. The van der Waals surface area contributed by atoms with Crippen molar-refractivity contribution in [3.63, 3.8) is 0 Å². The first kappa shape index (κ1) is 26.4. The van der Waals surface area contributed by atoms with E-state index in [2.05, 4.69) is 102 Å². The quantitative estimate of drug-likeness (QED) is 0.390. The fourth-order valence-electron chi connectivity index (χ4n) is 4.74. The molecule has 0 aromatic heterocycles. The standard InChI is InChI=1S/C30H35N.C2H6/c1-21-11-8-16-28(26(21)20-31)30(6,7)19-24-13-9-12-23(17-24)18-25-14-10-15-27(22(25)2)29(3,4)5;1-2/h8-17H,18-19H2,1-7H3;1-2H3. The van der Waals surface area contributed by atoms with Crippen molar-refractivity contribution in [3.05, 3.63) is 105 Å². The summed E-state index contributed by atoms with van der Waals surface area (Å²) in [5.74, 6) is 0. The molecule has 0 heterocycles. The zero-order valence-corrected chi connectivity index (χ0v) is 22.1. The number of hydrogen-bond acceptors (Lipinski definition) is 1. The summed E-state index contributed by atoms with van der Waals surface area (Å²) >= 11 is 0. The molecule has 0 fully saturated rings. The lowest BCUT2D eigenvalue weighted by molar-refractivity contribution is 0.520. The smallest absolute Gasteiger partial charge is 0.0997 e. The molecule has 1 heteroatoms. The van der Waals surface area contributed by atoms with Crippen LogP contribution in [-0.2, 0) is 23.7 Å². The van der Waals surface area contributed by atoms with Crippen molar-refractivity contribution in [2.24, 2.45) is 0 Å². The largest absolute Gasteiger partial charge is 0.192 e. The van der Waals surface area contributed by atoms with Gasteiger partial charge in [0.25, 0.3) is 0 Å². The van der Waals surface area contributed by atoms with E-state index >= 15 is 0 Å². The summed E-state index contributed by atoms with van der Waals surface area (Å²) in [6.45, 7) is 19.6. The highest BCUT2D eigenvalue weighted by Crippen LogP contribution is 2.32. The number of hydrogen-bond donors (Lipinski definition) is 0. The van der Waals surface area contributed by atoms with Crippen molar-refractivity contribution in [2.45, 2.75) is 86.0 Å². The lowest BCUT2D eigenvalue weighted by Crippen LogP contribution is -2.22. The summed E-state index contributed by atoms with van der Waals surface area (Å²) < 4.78 is 0. The van der Waals surface area contributed by atoms with E-state index in [0.29, 0.717) is 0 Å². The van der Waals surface area contributed by atoms with Gasteiger partial charge in [0.1, 0.15) is 0 Å². The Bertz CT molecular complexity index is 1120. The average Bonchev–Trinajstić information content (AvgIpc) is 2.75. The molecule has 0 bridgehead atoms. The van der Waals surface area contributed by atoms with E-state index in [1.807, 2.05) is 26.8 Å². The summed E-state index contributed by atoms with van der Waals surface area (Å²) in [6, 6.07) is 24.3. The van der Waals surface area contributed by atoms with Crippen LogP contribution in [0.5, 0.6) is 0 Å². The lowest BCUT2D eigenvalue weighted by atomic mass is 9.76. The SMILES string of the molecule is CC.Cc1cccc(C(C)(C)Cc2cccc(Cc3cccc(C(C)(C)C)c3C)c2)c1C#N. The van der Waals surface area contributed by atoms with E-state index in [9.17, 15) is 5.26 Å². The Balaban J connectivity index is 0.00000187. The fourth-order valence-corrected chi connectivity index (χ4v) is 4.74. The van der Waals surface area contributed by atoms with Crippen LogP contribution in [0.15, 0.2) is 60.7 Å². The molecule has 0 aliphatic carbocycles. The minimum Gasteiger partial charge on any atom is -0.192 e. The first-order valence-corrected chi connectivity index (χ1v) is 12.2. The Hall–Kier alpha value is -2.85. The third-order valence-electron chi connectivity index (χ3n) is 6.40. The fraction of sp³-hybridized carbons (Fsp3) is 0.406. The van der Waals surface area contributed by atoms with Crippen LogP contribution in [0.1, 0.15) is 93.0 Å². The molecule has 0 saturated carbocycles. The molecule has 0 spiro atoms. The highest BCUT2D eigenvalue weighted by Gasteiger charge is 2.25. The van der Waals surface area contributed by atoms with Crippen molar-refractivity contribution in [2.75, 3.05) is 0 Å². The van der Waals surface area contributed by atoms with Gasteiger partial charge in [-0.25, -0.2) is 0 Å². The Morgan fingerprint density at radius 2 is 1.33 bits per heavy atom. The van der Waals surface area contributed by atoms with Crippen LogP contribution >= 0.6 is 0 Å². The highest BCUT2D eigenvalue weighted by atomic mass is 14.3. The van der Waals surface area contributed by atoms with Crippen LogP contribution in [0.4, 0.5) is 0 Å². The summed E-state index contributed by atoms with van der Waals surface area (Å²) in [5.41, 5.74) is 9.92. The predicted molar refractivity (Wildman–Crippen MR) is 143 cm³/mol. The van der Waals surface area contributed by atoms with E-state index in [0.717, 1.165) is 29.5 Å². The molecule has 174 valence electrons. The van der Waals surface area contributed by atoms with Crippen LogP contribution in [0.2, 0.25) is 0 Å². The number of rotatable bonds is 5. The molecule has 0 aliphatic heterocycles. The molecule has 0 amide bonds. The van der Waals surface area contributed by atoms with Crippen LogP contribution in [-0.4, -0.2) is 0 Å². The molecule has 0 aliphatic rings. The Kier molecular flexibility index (Phi) is 8.68. The van der Waals surface area contributed by atoms with Crippen LogP contribution < -0.4 is 0 Å². The highest BCUT2D eigenvalue weighted by molar-refractivity contribution is 5.48. The molecule has 3 aromatic rings. The molecule has 0 atom stereocenters. The van der Waals surface area contributed by atoms with Gasteiger partial charge in [-0.05, 0) is 76.5 Å². The second-order valence-electron chi connectivity index (χ2n) is 10.5. The van der Waals surface area contributed by atoms with Gasteiger partial charge in [-0.2, -0.15) is 5.26 Å². The molecule has 1 nitrogen and oxygen atoms in total. The first-order chi connectivity index (χ1) is 15.5. The van der Waals surface area contributed by atoms with Crippen molar-refractivity contribution >= 4 is 0 Å². The third-order valence-corrected chi connectivity index (χ3v) is 6.40. The van der Waals surface area contributed by atoms with Gasteiger partial charge in [0, 0.05) is 0 Å². The molecule has 33 heavy (non-hydrogen) atoms. The summed E-state index contributed by atoms with van der Waals surface area (Å²) in [6.07, 6.45) is 1.85. The third kappa shape index (κ3) is 6.35. The molecular weight excluding hydrogens is 398 g/mol. The Labute approximate surface area is 202 Å². The van der Waals surface area contributed by atoms with Gasteiger partial charge >= 0.3 is 0 Å². The van der Waals surface area contributed by atoms with Crippen molar-refractivity contribution in [1.82, 2.24) is 0 Å². The van der Waals surface area contributed by atoms with Gasteiger partial charge in [0.2, 0.25) is 0 Å². The van der Waals surface area contributed by atoms with Gasteiger partial charge < -0.3 is 0 Å². The maximum atomic E-state index is 9.69. The molecular formula is C32H41N. The number of nitrogens with zero attached hydrogens (tertiary/aromatic N) is 1. The van der Waals surface area contributed by atoms with E-state index in [4.69, 9.17) is 0 Å². The Morgan fingerprint density at radius 3 is 1.97 bits per heavy atom. The molecule has 0 radical (unpaired) electrons. The van der Waals surface area contributed by atoms with Gasteiger partial charge in [0.15, 0.2) is 0 Å². The number of nitriles is 1. The van der Waals surface area contributed by atoms with Crippen molar-refractivity contribution < 1.29 is 0 Å². The van der Waals surface area contributed by atoms with E-state index in [1.54, 1.807) is 0 Å². The maximum absolute atomic E-state index is 9.69. The maximum Gasteiger partial charge on any atom is 0.0997 e. The average molecular weight is 440 g/mol. The van der Waals surface area contributed by atoms with Crippen LogP contribution in [0, 0.1) is 25.2 Å². The number of aryl methyl sites for hydroxylation is 1. The normalized spacial score (nSPS) is 11.4. The summed E-state index contributed by atoms with van der Waals surface area (Å²) in [7, 11) is 0. The number of benzene rings is 3. The van der Waals surface area contributed by atoms with Gasteiger partial charge in [-0.3, -0.25) is 0 Å². The van der Waals surface area contributed by atoms with E-state index < -0.39 is 0 Å². The molecule has 3 aromatic carbocycles. The molecule has 0 saturated heterocycles. The monoisotopic (exact) mass is 439 g/mol. The van der Waals surface area contributed by atoms with Gasteiger partial charge in [-0.1, -0.05) is 109 Å². The van der Waals surface area contributed by atoms with Crippen LogP contribution in [0.3, 0.4) is 0 Å². The molecule has 0 unspecified atom stereocenters.